The van der Waals surface area contributed by atoms with Crippen LogP contribution >= 0.6 is 23.1 Å². The zero-order chi connectivity index (χ0) is 20.2. The van der Waals surface area contributed by atoms with Crippen LogP contribution < -0.4 is 0 Å². The molecule has 1 aromatic heterocycles. The fraction of sp³-hybridized carbons (Fsp3) is 0.762. The van der Waals surface area contributed by atoms with E-state index in [0.29, 0.717) is 18.0 Å². The number of nitrogens with zero attached hydrogens (tertiary/aromatic N) is 2. The molecule has 0 radical (unpaired) electrons. The molecule has 0 atom stereocenters. The average molecular weight is 455 g/mol. The van der Waals surface area contributed by atoms with Gasteiger partial charge in [0.25, 0.3) is 5.91 Å². The molecule has 1 saturated heterocycles. The molecule has 4 bridgehead atoms. The van der Waals surface area contributed by atoms with Gasteiger partial charge in [0.2, 0.25) is 10.0 Å². The number of thioether (sulfide) groups is 1. The molecule has 29 heavy (non-hydrogen) atoms. The molecule has 0 unspecified atom stereocenters. The summed E-state index contributed by atoms with van der Waals surface area (Å²) < 4.78 is 27.9. The number of hydrogen-bond acceptors (Lipinski definition) is 5. The molecule has 6 rings (SSSR count). The van der Waals surface area contributed by atoms with Gasteiger partial charge in [-0.1, -0.05) is 0 Å². The van der Waals surface area contributed by atoms with Gasteiger partial charge in [-0.15, -0.1) is 11.3 Å². The summed E-state index contributed by atoms with van der Waals surface area (Å²) >= 11 is 3.05. The second-order valence-electron chi connectivity index (χ2n) is 9.71. The van der Waals surface area contributed by atoms with Crippen molar-refractivity contribution in [1.82, 2.24) is 9.21 Å². The van der Waals surface area contributed by atoms with E-state index in [1.54, 1.807) is 27.5 Å². The molecule has 5 nitrogen and oxygen atoms in total. The fourth-order valence-corrected chi connectivity index (χ4v) is 10.8. The van der Waals surface area contributed by atoms with E-state index in [9.17, 15) is 13.2 Å². The van der Waals surface area contributed by atoms with Crippen LogP contribution in [0.3, 0.4) is 0 Å². The van der Waals surface area contributed by atoms with Crippen molar-refractivity contribution < 1.29 is 13.2 Å². The van der Waals surface area contributed by atoms with Gasteiger partial charge in [-0.05, 0) is 73.1 Å². The summed E-state index contributed by atoms with van der Waals surface area (Å²) in [6.45, 7) is 1.83. The van der Waals surface area contributed by atoms with Gasteiger partial charge in [-0.25, -0.2) is 8.42 Å². The van der Waals surface area contributed by atoms with Gasteiger partial charge in [0.15, 0.2) is 0 Å². The normalized spacial score (nSPS) is 34.4. The molecule has 1 amide bonds. The van der Waals surface area contributed by atoms with Crippen LogP contribution in [0.4, 0.5) is 0 Å². The molecule has 4 aliphatic carbocycles. The maximum atomic E-state index is 13.3. The quantitative estimate of drug-likeness (QED) is 0.680. The highest BCUT2D eigenvalue weighted by Crippen LogP contribution is 2.60. The summed E-state index contributed by atoms with van der Waals surface area (Å²) in [4.78, 5) is 15.7. The lowest BCUT2D eigenvalue weighted by Crippen LogP contribution is -2.51. The molecule has 2 heterocycles. The average Bonchev–Trinajstić information content (AvgIpc) is 3.17. The number of thiophene rings is 1. The standard InChI is InChI=1S/C21H30N2O3S3/c1-22(14-21-11-15-8-16(12-21)10-17(9-15)13-21)20(24)19-18(2-5-28-19)29(25,26)23-3-6-27-7-4-23/h2,5,15-17H,3-4,6-14H2,1H3. The maximum absolute atomic E-state index is 13.3. The number of carbonyl (C=O) groups excluding carboxylic acids is 1. The van der Waals surface area contributed by atoms with E-state index in [0.717, 1.165) is 35.8 Å². The fourth-order valence-electron chi connectivity index (χ4n) is 6.81. The maximum Gasteiger partial charge on any atom is 0.265 e. The molecule has 8 heteroatoms. The Morgan fingerprint density at radius 2 is 1.72 bits per heavy atom. The van der Waals surface area contributed by atoms with Crippen molar-refractivity contribution in [3.8, 4) is 0 Å². The minimum atomic E-state index is -3.60. The van der Waals surface area contributed by atoms with Crippen molar-refractivity contribution in [2.75, 3.05) is 38.2 Å². The van der Waals surface area contributed by atoms with Gasteiger partial charge in [0.05, 0.1) is 0 Å². The number of rotatable bonds is 5. The number of sulfonamides is 1. The van der Waals surface area contributed by atoms with E-state index in [-0.39, 0.29) is 16.2 Å². The van der Waals surface area contributed by atoms with Crippen molar-refractivity contribution in [2.45, 2.75) is 43.4 Å². The SMILES string of the molecule is CN(CC12CC3CC(CC(C3)C1)C2)C(=O)c1sccc1S(=O)(=O)N1CCSCC1. The predicted molar refractivity (Wildman–Crippen MR) is 118 cm³/mol. The van der Waals surface area contributed by atoms with Gasteiger partial charge >= 0.3 is 0 Å². The second-order valence-corrected chi connectivity index (χ2v) is 13.8. The minimum absolute atomic E-state index is 0.124. The van der Waals surface area contributed by atoms with E-state index in [2.05, 4.69) is 0 Å². The predicted octanol–water partition coefficient (Wildman–Crippen LogP) is 3.77. The first-order valence-electron chi connectivity index (χ1n) is 10.8. The Kier molecular flexibility index (Phi) is 5.28. The van der Waals surface area contributed by atoms with Gasteiger partial charge in [-0.3, -0.25) is 4.79 Å². The summed E-state index contributed by atoms with van der Waals surface area (Å²) in [6, 6.07) is 1.62. The van der Waals surface area contributed by atoms with Crippen LogP contribution in [0.5, 0.6) is 0 Å². The van der Waals surface area contributed by atoms with Crippen LogP contribution in [0.2, 0.25) is 0 Å². The Morgan fingerprint density at radius 1 is 1.14 bits per heavy atom. The molecule has 0 spiro atoms. The highest BCUT2D eigenvalue weighted by Gasteiger charge is 2.51. The van der Waals surface area contributed by atoms with Crippen LogP contribution in [0.25, 0.3) is 0 Å². The highest BCUT2D eigenvalue weighted by molar-refractivity contribution is 7.99. The Bertz CT molecular complexity index is 853. The molecule has 0 aromatic carbocycles. The lowest BCUT2D eigenvalue weighted by molar-refractivity contribution is -0.0629. The lowest BCUT2D eigenvalue weighted by Gasteiger charge is -2.57. The summed E-state index contributed by atoms with van der Waals surface area (Å²) in [5.74, 6) is 4.05. The minimum Gasteiger partial charge on any atom is -0.340 e. The lowest BCUT2D eigenvalue weighted by atomic mass is 9.49. The smallest absolute Gasteiger partial charge is 0.265 e. The Morgan fingerprint density at radius 3 is 2.31 bits per heavy atom. The third-order valence-corrected chi connectivity index (χ3v) is 11.4. The van der Waals surface area contributed by atoms with Crippen molar-refractivity contribution in [2.24, 2.45) is 23.2 Å². The van der Waals surface area contributed by atoms with Gasteiger partial charge in [0, 0.05) is 38.2 Å². The van der Waals surface area contributed by atoms with Crippen LogP contribution in [0.1, 0.15) is 48.2 Å². The van der Waals surface area contributed by atoms with E-state index in [1.165, 1.54) is 49.9 Å². The van der Waals surface area contributed by atoms with Crippen molar-refractivity contribution in [3.63, 3.8) is 0 Å². The van der Waals surface area contributed by atoms with Crippen molar-refractivity contribution in [3.05, 3.63) is 16.3 Å². The molecule has 4 saturated carbocycles. The van der Waals surface area contributed by atoms with Gasteiger partial charge in [-0.2, -0.15) is 16.1 Å². The van der Waals surface area contributed by atoms with E-state index < -0.39 is 10.0 Å². The molecule has 1 aromatic rings. The number of carbonyl (C=O) groups is 1. The van der Waals surface area contributed by atoms with Gasteiger partial charge in [0.1, 0.15) is 9.77 Å². The number of amides is 1. The third kappa shape index (κ3) is 3.68. The van der Waals surface area contributed by atoms with Crippen LogP contribution in [-0.4, -0.2) is 61.7 Å². The van der Waals surface area contributed by atoms with E-state index in [1.807, 2.05) is 11.9 Å². The van der Waals surface area contributed by atoms with Gasteiger partial charge < -0.3 is 4.90 Å². The van der Waals surface area contributed by atoms with Crippen molar-refractivity contribution >= 4 is 39.0 Å². The first-order valence-corrected chi connectivity index (χ1v) is 14.2. The summed E-state index contributed by atoms with van der Waals surface area (Å²) in [5.41, 5.74) is 0.263. The molecule has 5 aliphatic rings. The van der Waals surface area contributed by atoms with Crippen LogP contribution in [0, 0.1) is 23.2 Å². The summed E-state index contributed by atoms with van der Waals surface area (Å²) in [5, 5.41) is 1.75. The first-order chi connectivity index (χ1) is 13.9. The van der Waals surface area contributed by atoms with Crippen LogP contribution in [-0.2, 0) is 10.0 Å². The Labute approximate surface area is 182 Å². The summed E-state index contributed by atoms with van der Waals surface area (Å²) in [7, 11) is -1.73. The molecule has 160 valence electrons. The van der Waals surface area contributed by atoms with Crippen molar-refractivity contribution in [1.29, 1.82) is 0 Å². The monoisotopic (exact) mass is 454 g/mol. The largest absolute Gasteiger partial charge is 0.340 e. The molecule has 0 N–H and O–H groups in total. The first kappa shape index (κ1) is 20.3. The number of hydrogen-bond donors (Lipinski definition) is 0. The zero-order valence-electron chi connectivity index (χ0n) is 17.0. The molecule has 1 aliphatic heterocycles. The zero-order valence-corrected chi connectivity index (χ0v) is 19.5. The Hall–Kier alpha value is -0.570. The second kappa shape index (κ2) is 7.53. The summed E-state index contributed by atoms with van der Waals surface area (Å²) in [6.07, 6.45) is 7.90. The topological polar surface area (TPSA) is 57.7 Å². The Balaban J connectivity index is 1.34. The third-order valence-electron chi connectivity index (χ3n) is 7.50. The highest BCUT2D eigenvalue weighted by atomic mass is 32.2. The van der Waals surface area contributed by atoms with E-state index >= 15 is 0 Å². The molecule has 5 fully saturated rings. The van der Waals surface area contributed by atoms with E-state index in [4.69, 9.17) is 0 Å². The van der Waals surface area contributed by atoms with Crippen LogP contribution in [0.15, 0.2) is 16.3 Å². The molecular weight excluding hydrogens is 424 g/mol. The molecular formula is C21H30N2O3S3.